The van der Waals surface area contributed by atoms with Crippen molar-refractivity contribution in [2.24, 2.45) is 10.2 Å². The van der Waals surface area contributed by atoms with Crippen molar-refractivity contribution in [2.75, 3.05) is 94.6 Å². The van der Waals surface area contributed by atoms with Gasteiger partial charge in [0.05, 0.1) is 56.1 Å². The summed E-state index contributed by atoms with van der Waals surface area (Å²) in [6.45, 7) is 11.5. The number of rotatable bonds is 44. The van der Waals surface area contributed by atoms with E-state index in [1.165, 1.54) is 67.8 Å². The number of azide groups is 2. The van der Waals surface area contributed by atoms with Crippen molar-refractivity contribution < 1.29 is 94.3 Å². The number of amides is 3. The summed E-state index contributed by atoms with van der Waals surface area (Å²) in [6.07, 6.45) is 17.4. The minimum absolute atomic E-state index is 0.00952. The number of carbonyl (C=O) groups excluding carboxylic acids is 3. The zero-order valence-electron chi connectivity index (χ0n) is 65.5. The second-order valence-corrected chi connectivity index (χ2v) is 33.1. The molecule has 8 atom stereocenters. The van der Waals surface area contributed by atoms with Gasteiger partial charge in [-0.05, 0) is 126 Å². The van der Waals surface area contributed by atoms with E-state index in [1.807, 2.05) is 0 Å². The molecule has 0 spiro atoms. The molecular formula is C79H98N15O20P3. The fraction of sp³-hybridized carbons (Fsp3) is 0.430. The number of fused-ring (bicyclic) bond motifs is 5. The lowest BCUT2D eigenvalue weighted by molar-refractivity contribution is -0.126. The fourth-order valence-electron chi connectivity index (χ4n) is 14.6. The number of anilines is 3. The average Bonchev–Trinajstić information content (AvgIpc) is 1.58. The molecule has 5 heterocycles. The van der Waals surface area contributed by atoms with E-state index in [2.05, 4.69) is 196 Å². The lowest BCUT2D eigenvalue weighted by atomic mass is 9.74. The molecule has 35 nitrogen and oxygen atoms in total. The van der Waals surface area contributed by atoms with Gasteiger partial charge in [-0.15, -0.1) is 0 Å². The van der Waals surface area contributed by atoms with Crippen molar-refractivity contribution in [1.82, 2.24) is 30.5 Å². The lowest BCUT2D eigenvalue weighted by Crippen LogP contribution is -2.42. The van der Waals surface area contributed by atoms with E-state index < -0.39 is 79.9 Å². The monoisotopic (exact) mass is 1670 g/mol. The van der Waals surface area contributed by atoms with E-state index in [4.69, 9.17) is 54.0 Å². The minimum atomic E-state index is -5.83. The first-order chi connectivity index (χ1) is 56.1. The molecule has 0 aliphatic carbocycles. The van der Waals surface area contributed by atoms with Crippen molar-refractivity contribution in [3.8, 4) is 29.1 Å². The fourth-order valence-corrected chi connectivity index (χ4v) is 17.6. The van der Waals surface area contributed by atoms with Gasteiger partial charge in [-0.2, -0.15) is 8.62 Å². The van der Waals surface area contributed by atoms with Gasteiger partial charge in [-0.1, -0.05) is 154 Å². The molecule has 10 rings (SSSR count). The van der Waals surface area contributed by atoms with E-state index in [1.54, 1.807) is 42.5 Å². The van der Waals surface area contributed by atoms with Gasteiger partial charge in [0.1, 0.15) is 67.3 Å². The third-order valence-corrected chi connectivity index (χ3v) is 23.8. The number of hydrogen-bond donors (Lipinski definition) is 9. The van der Waals surface area contributed by atoms with Crippen LogP contribution in [0.15, 0.2) is 162 Å². The van der Waals surface area contributed by atoms with Crippen LogP contribution < -0.4 is 41.0 Å². The minimum Gasteiger partial charge on any atom is -0.508 e. The van der Waals surface area contributed by atoms with Crippen LogP contribution in [0.3, 0.4) is 0 Å². The average molecular weight is 1670 g/mol. The van der Waals surface area contributed by atoms with Gasteiger partial charge >= 0.3 is 23.5 Å². The molecule has 3 amide bonds. The molecule has 8 unspecified atom stereocenters. The van der Waals surface area contributed by atoms with Gasteiger partial charge in [0, 0.05) is 88.5 Å². The first-order valence-electron chi connectivity index (χ1n) is 38.2. The summed E-state index contributed by atoms with van der Waals surface area (Å²) >= 11 is 0. The number of allylic oxidation sites excluding steroid dienone is 5. The maximum absolute atomic E-state index is 13.3. The predicted molar refractivity (Wildman–Crippen MR) is 437 cm³/mol. The van der Waals surface area contributed by atoms with Crippen molar-refractivity contribution in [1.29, 1.82) is 0 Å². The zero-order chi connectivity index (χ0) is 83.8. The van der Waals surface area contributed by atoms with Gasteiger partial charge in [-0.25, -0.2) is 23.7 Å². The third kappa shape index (κ3) is 24.7. The number of aromatic nitrogens is 3. The smallest absolute Gasteiger partial charge is 0.490 e. The Hall–Kier alpha value is -10.2. The molecule has 38 heteroatoms. The number of phosphoric acid groups is 3. The number of benzene rings is 5. The molecule has 5 aromatic carbocycles. The van der Waals surface area contributed by atoms with E-state index in [9.17, 15) is 48.5 Å². The van der Waals surface area contributed by atoms with Crippen LogP contribution in [0.5, 0.6) is 17.2 Å². The number of aromatic hydroxyl groups is 1. The third-order valence-electron chi connectivity index (χ3n) is 19.9. The van der Waals surface area contributed by atoms with Crippen molar-refractivity contribution in [3.63, 3.8) is 0 Å². The molecule has 7 aromatic rings. The Morgan fingerprint density at radius 2 is 1.61 bits per heavy atom. The Balaban J connectivity index is 0.642. The summed E-state index contributed by atoms with van der Waals surface area (Å²) < 4.78 is 83.9. The van der Waals surface area contributed by atoms with E-state index in [-0.39, 0.29) is 108 Å². The van der Waals surface area contributed by atoms with Crippen LogP contribution in [0, 0.1) is 18.8 Å². The molecular weight excluding hydrogens is 1570 g/mol. The number of aryl methyl sites for hydroxylation is 1. The Kier molecular flexibility index (Phi) is 31.9. The molecule has 10 N–H and O–H groups in total. The highest BCUT2D eigenvalue weighted by molar-refractivity contribution is 7.66. The molecule has 2 aromatic heterocycles. The quantitative estimate of drug-likeness (QED) is 0.00326. The van der Waals surface area contributed by atoms with Crippen LogP contribution in [0.1, 0.15) is 131 Å². The molecule has 0 bridgehead atoms. The Morgan fingerprint density at radius 3 is 2.39 bits per heavy atom. The van der Waals surface area contributed by atoms with E-state index >= 15 is 0 Å². The molecule has 1 fully saturated rings. The summed E-state index contributed by atoms with van der Waals surface area (Å²) in [4.78, 5) is 95.3. The van der Waals surface area contributed by atoms with Crippen LogP contribution in [0.25, 0.3) is 42.7 Å². The molecule has 3 aliphatic rings. The number of unbranched alkanes of at least 4 members (excludes halogenated alkanes) is 4. The molecule has 117 heavy (non-hydrogen) atoms. The highest BCUT2D eigenvalue weighted by atomic mass is 31.3. The van der Waals surface area contributed by atoms with Crippen molar-refractivity contribution in [3.05, 3.63) is 200 Å². The maximum Gasteiger partial charge on any atom is 0.490 e. The number of carbonyl (C=O) groups is 3. The number of para-hydroxylation sites is 1. The SMILES string of the molecule is CCCCCC1(C)c2ccccc2N(CCCOc2ccc(O)cc2)C1/C=C/C=C/C=C1/N(CCCCCC(=O)NCCNC(=O)c2cccc(OCC(N=[N+]=[N-])OCCOCC(=O)NCC#Cc3cn(C4CC(OCN=[N+]=[N-])C(COP(=O)(O)OP(=O)(O)OP(=O)(O)O)O4)c4ncnc(N)c34)c2)c2ccc3ccc(C)cc3c2C1(C)C. The number of ether oxygens (including phenoxy) is 6. The standard InChI is InChI=1S/C79H98N15O20P3/c1-6-7-15-36-79(5)62-23-13-14-24-63(62)92(41-19-42-107-59-33-31-58(95)32-34-59)68(79)26-11-8-10-25-67-78(3,4)74-61-45-54(2)28-29-55(61)30-35-64(74)93(67)40-16-9-12-27-69(96)84-38-39-85-77(98)56-20-17-22-60(46-56)109-51-71(89-91-82)108-44-43-106-50-70(97)83-37-18-21-57-48-94(76-73(57)75(80)86-52-87-76)72-47-65(110-53-88-90-81)66(112-72)49-111-116(102,103)114-117(104,105)113-115(99,100)101/h8,10-11,13-14,17,20,22-26,28-35,45-46,48,52,65-66,68,71-72,95H,6-7,9,12,15-16,19,27,36-44,47,49-51,53H2,1-5H3,(H,83,97)(H,84,96)(H,85,98)(H,102,103)(H,104,105)(H2,80,86,87)(H2,99,100,101)/b10-8+,26-11+,67-25+. The maximum atomic E-state index is 13.3. The number of nitrogens with one attached hydrogen (secondary N) is 3. The summed E-state index contributed by atoms with van der Waals surface area (Å²) in [5.41, 5.74) is 32.2. The van der Waals surface area contributed by atoms with E-state index in [0.29, 0.717) is 19.4 Å². The number of nitrogens with zero attached hydrogens (tertiary/aromatic N) is 11. The summed E-state index contributed by atoms with van der Waals surface area (Å²) in [7, 11) is -17.1. The number of hydrogen-bond acceptors (Lipinski definition) is 23. The Bertz CT molecular complexity index is 5060. The normalized spacial score (nSPS) is 19.1. The van der Waals surface area contributed by atoms with E-state index in [0.717, 1.165) is 63.7 Å². The molecule has 0 radical (unpaired) electrons. The summed E-state index contributed by atoms with van der Waals surface area (Å²) in [5, 5.41) is 27.8. The topological polar surface area (TPSA) is 483 Å². The molecule has 3 aliphatic heterocycles. The highest BCUT2D eigenvalue weighted by Gasteiger charge is 2.47. The zero-order valence-corrected chi connectivity index (χ0v) is 68.2. The number of phenols is 1. The van der Waals surface area contributed by atoms with Crippen molar-refractivity contribution in [2.45, 2.75) is 140 Å². The number of phenolic OH excluding ortho intramolecular Hbond substituents is 1. The molecule has 1 saturated heterocycles. The lowest BCUT2D eigenvalue weighted by Gasteiger charge is -2.35. The van der Waals surface area contributed by atoms with Gasteiger partial charge in [0.25, 0.3) is 5.91 Å². The van der Waals surface area contributed by atoms with Crippen molar-refractivity contribution >= 4 is 80.2 Å². The highest BCUT2D eigenvalue weighted by Crippen LogP contribution is 2.66. The van der Waals surface area contributed by atoms with Gasteiger partial charge < -0.3 is 89.2 Å². The number of nitrogen functional groups attached to an aromatic ring is 1. The first-order valence-corrected chi connectivity index (χ1v) is 42.7. The Labute approximate surface area is 676 Å². The van der Waals surface area contributed by atoms with Crippen LogP contribution in [-0.2, 0) is 66.2 Å². The predicted octanol–water partition coefficient (Wildman–Crippen LogP) is 13.1. The van der Waals surface area contributed by atoms with Crippen LogP contribution in [-0.4, -0.2) is 161 Å². The largest absolute Gasteiger partial charge is 0.508 e. The van der Waals surface area contributed by atoms with Crippen LogP contribution in [0.2, 0.25) is 0 Å². The molecule has 624 valence electrons. The van der Waals surface area contributed by atoms with Crippen LogP contribution in [0.4, 0.5) is 17.2 Å². The van der Waals surface area contributed by atoms with Gasteiger partial charge in [-0.3, -0.25) is 18.9 Å². The van der Waals surface area contributed by atoms with Crippen LogP contribution >= 0.6 is 23.5 Å². The first kappa shape index (κ1) is 89.2. The van der Waals surface area contributed by atoms with Gasteiger partial charge in [0.15, 0.2) is 6.23 Å². The second kappa shape index (κ2) is 41.8. The second-order valence-electron chi connectivity index (χ2n) is 28.6. The summed E-state index contributed by atoms with van der Waals surface area (Å²) in [6, 6.07) is 33.3. The Morgan fingerprint density at radius 1 is 0.812 bits per heavy atom. The number of phosphoric ester groups is 1. The summed E-state index contributed by atoms with van der Waals surface area (Å²) in [5.74, 6) is 5.86. The van der Waals surface area contributed by atoms with Gasteiger partial charge in [0.2, 0.25) is 11.8 Å². The number of nitrogens with two attached hydrogens (primary N) is 1. The molecule has 0 saturated carbocycles.